The second kappa shape index (κ2) is 5.22. The van der Waals surface area contributed by atoms with Crippen molar-refractivity contribution < 1.29 is 9.90 Å². The number of nitrogens with two attached hydrogens (primary N) is 1. The van der Waals surface area contributed by atoms with Crippen LogP contribution in [0.5, 0.6) is 0 Å². The van der Waals surface area contributed by atoms with Gasteiger partial charge in [-0.3, -0.25) is 4.79 Å². The highest BCUT2D eigenvalue weighted by atomic mass is 16.4. The van der Waals surface area contributed by atoms with Gasteiger partial charge in [0, 0.05) is 6.54 Å². The summed E-state index contributed by atoms with van der Waals surface area (Å²) in [7, 11) is 0. The minimum Gasteiger partial charge on any atom is -0.481 e. The predicted octanol–water partition coefficient (Wildman–Crippen LogP) is 1.62. The van der Waals surface area contributed by atoms with Gasteiger partial charge < -0.3 is 10.8 Å². The first-order valence-corrected chi connectivity index (χ1v) is 5.18. The lowest BCUT2D eigenvalue weighted by Crippen LogP contribution is -2.30. The normalized spacial score (nSPS) is 22.2. The zero-order valence-corrected chi connectivity index (χ0v) is 8.04. The molecule has 1 fully saturated rings. The van der Waals surface area contributed by atoms with Crippen molar-refractivity contribution in [2.75, 3.05) is 6.54 Å². The monoisotopic (exact) mass is 185 g/mol. The Morgan fingerprint density at radius 2 is 1.85 bits per heavy atom. The first kappa shape index (κ1) is 10.5. The van der Waals surface area contributed by atoms with Gasteiger partial charge in [0.25, 0.3) is 0 Å². The molecule has 0 saturated heterocycles. The summed E-state index contributed by atoms with van der Waals surface area (Å²) in [6.45, 7) is 0.292. The van der Waals surface area contributed by atoms with E-state index in [1.54, 1.807) is 0 Å². The molecule has 1 aliphatic rings. The van der Waals surface area contributed by atoms with Crippen LogP contribution in [0.2, 0.25) is 0 Å². The molecule has 76 valence electrons. The van der Waals surface area contributed by atoms with E-state index in [4.69, 9.17) is 10.8 Å². The van der Waals surface area contributed by atoms with Crippen LogP contribution >= 0.6 is 0 Å². The van der Waals surface area contributed by atoms with Crippen molar-refractivity contribution in [3.63, 3.8) is 0 Å². The van der Waals surface area contributed by atoms with Crippen molar-refractivity contribution in [3.05, 3.63) is 0 Å². The van der Waals surface area contributed by atoms with E-state index in [2.05, 4.69) is 0 Å². The lowest BCUT2D eigenvalue weighted by molar-refractivity contribution is -0.143. The summed E-state index contributed by atoms with van der Waals surface area (Å²) in [5.41, 5.74) is 5.47. The molecule has 1 saturated carbocycles. The van der Waals surface area contributed by atoms with Gasteiger partial charge in [-0.1, -0.05) is 25.7 Å². The van der Waals surface area contributed by atoms with E-state index in [0.29, 0.717) is 12.5 Å². The Kier molecular flexibility index (Phi) is 4.22. The average Bonchev–Trinajstić information content (AvgIpc) is 2.33. The molecule has 1 rings (SSSR count). The van der Waals surface area contributed by atoms with Crippen LogP contribution in [0.3, 0.4) is 0 Å². The first-order chi connectivity index (χ1) is 6.25. The molecule has 13 heavy (non-hydrogen) atoms. The Bertz CT molecular complexity index is 162. The van der Waals surface area contributed by atoms with E-state index in [1.165, 1.54) is 25.7 Å². The maximum Gasteiger partial charge on any atom is 0.308 e. The lowest BCUT2D eigenvalue weighted by Gasteiger charge is -2.20. The summed E-state index contributed by atoms with van der Waals surface area (Å²) in [5, 5.41) is 8.94. The van der Waals surface area contributed by atoms with E-state index in [9.17, 15) is 4.79 Å². The fourth-order valence-corrected chi connectivity index (χ4v) is 2.21. The van der Waals surface area contributed by atoms with Gasteiger partial charge in [0.15, 0.2) is 0 Å². The van der Waals surface area contributed by atoms with Gasteiger partial charge in [-0.25, -0.2) is 0 Å². The van der Waals surface area contributed by atoms with Gasteiger partial charge in [-0.15, -0.1) is 0 Å². The number of aliphatic carboxylic acids is 1. The minimum atomic E-state index is -0.714. The molecule has 1 atom stereocenters. The van der Waals surface area contributed by atoms with Crippen molar-refractivity contribution >= 4 is 5.97 Å². The number of carboxylic acids is 1. The molecule has 3 N–H and O–H groups in total. The number of hydrogen-bond donors (Lipinski definition) is 2. The maximum atomic E-state index is 10.9. The molecule has 3 heteroatoms. The van der Waals surface area contributed by atoms with Crippen LogP contribution in [0.4, 0.5) is 0 Å². The molecule has 0 spiro atoms. The highest BCUT2D eigenvalue weighted by molar-refractivity contribution is 5.70. The number of hydrogen-bond acceptors (Lipinski definition) is 2. The number of carbonyl (C=O) groups is 1. The molecule has 0 aromatic rings. The van der Waals surface area contributed by atoms with E-state index in [-0.39, 0.29) is 5.92 Å². The Balaban J connectivity index is 2.50. The Labute approximate surface area is 79.3 Å². The third kappa shape index (κ3) is 2.99. The third-order valence-electron chi connectivity index (χ3n) is 3.04. The van der Waals surface area contributed by atoms with Crippen LogP contribution in [0.15, 0.2) is 0 Å². The molecule has 0 heterocycles. The van der Waals surface area contributed by atoms with E-state index in [1.807, 2.05) is 0 Å². The molecule has 0 aromatic heterocycles. The van der Waals surface area contributed by atoms with Gasteiger partial charge in [-0.05, 0) is 18.8 Å². The van der Waals surface area contributed by atoms with Gasteiger partial charge >= 0.3 is 5.97 Å². The quantitative estimate of drug-likeness (QED) is 0.657. The highest BCUT2D eigenvalue weighted by Gasteiger charge is 2.26. The molecule has 0 bridgehead atoms. The highest BCUT2D eigenvalue weighted by Crippen LogP contribution is 2.28. The average molecular weight is 185 g/mol. The standard InChI is InChI=1S/C10H19NO2/c11-7-9(10(12)13)8-5-3-1-2-4-6-8/h8-9H,1-7,11H2,(H,12,13). The number of carboxylic acid groups (broad SMARTS) is 1. The van der Waals surface area contributed by atoms with Crippen LogP contribution in [0.25, 0.3) is 0 Å². The molecule has 3 nitrogen and oxygen atoms in total. The van der Waals surface area contributed by atoms with Crippen molar-refractivity contribution in [2.45, 2.75) is 38.5 Å². The summed E-state index contributed by atoms with van der Waals surface area (Å²) in [5.74, 6) is -0.697. The maximum absolute atomic E-state index is 10.9. The predicted molar refractivity (Wildman–Crippen MR) is 51.4 cm³/mol. The topological polar surface area (TPSA) is 63.3 Å². The summed E-state index contributed by atoms with van der Waals surface area (Å²) < 4.78 is 0. The fraction of sp³-hybridized carbons (Fsp3) is 0.900. The zero-order chi connectivity index (χ0) is 9.68. The minimum absolute atomic E-state index is 0.292. The van der Waals surface area contributed by atoms with Crippen molar-refractivity contribution in [2.24, 2.45) is 17.6 Å². The van der Waals surface area contributed by atoms with Crippen LogP contribution < -0.4 is 5.73 Å². The molecule has 0 radical (unpaired) electrons. The summed E-state index contributed by atoms with van der Waals surface area (Å²) >= 11 is 0. The third-order valence-corrected chi connectivity index (χ3v) is 3.04. The van der Waals surface area contributed by atoms with Crippen molar-refractivity contribution in [3.8, 4) is 0 Å². The number of rotatable bonds is 3. The van der Waals surface area contributed by atoms with Gasteiger partial charge in [-0.2, -0.15) is 0 Å². The van der Waals surface area contributed by atoms with Crippen LogP contribution in [0, 0.1) is 11.8 Å². The zero-order valence-electron chi connectivity index (χ0n) is 8.04. The SMILES string of the molecule is NCC(C(=O)O)C1CCCCCC1. The summed E-state index contributed by atoms with van der Waals surface area (Å²) in [4.78, 5) is 10.9. The second-order valence-corrected chi connectivity index (χ2v) is 3.93. The molecular weight excluding hydrogens is 166 g/mol. The molecule has 1 unspecified atom stereocenters. The smallest absolute Gasteiger partial charge is 0.308 e. The Hall–Kier alpha value is -0.570. The molecule has 0 aliphatic heterocycles. The van der Waals surface area contributed by atoms with Gasteiger partial charge in [0.2, 0.25) is 0 Å². The summed E-state index contributed by atoms with van der Waals surface area (Å²) in [6.07, 6.45) is 6.96. The van der Waals surface area contributed by atoms with E-state index < -0.39 is 5.97 Å². The van der Waals surface area contributed by atoms with Crippen LogP contribution in [0.1, 0.15) is 38.5 Å². The molecule has 0 amide bonds. The van der Waals surface area contributed by atoms with Crippen LogP contribution in [-0.4, -0.2) is 17.6 Å². The summed E-state index contributed by atoms with van der Waals surface area (Å²) in [6, 6.07) is 0. The Morgan fingerprint density at radius 3 is 2.23 bits per heavy atom. The second-order valence-electron chi connectivity index (χ2n) is 3.93. The van der Waals surface area contributed by atoms with Crippen molar-refractivity contribution in [1.82, 2.24) is 0 Å². The Morgan fingerprint density at radius 1 is 1.31 bits per heavy atom. The fourth-order valence-electron chi connectivity index (χ4n) is 2.21. The lowest BCUT2D eigenvalue weighted by atomic mass is 9.86. The molecule has 0 aromatic carbocycles. The largest absolute Gasteiger partial charge is 0.481 e. The van der Waals surface area contributed by atoms with E-state index >= 15 is 0 Å². The van der Waals surface area contributed by atoms with Crippen molar-refractivity contribution in [1.29, 1.82) is 0 Å². The first-order valence-electron chi connectivity index (χ1n) is 5.18. The van der Waals surface area contributed by atoms with Gasteiger partial charge in [0.05, 0.1) is 5.92 Å². The molecular formula is C10H19NO2. The van der Waals surface area contributed by atoms with Crippen LogP contribution in [-0.2, 0) is 4.79 Å². The van der Waals surface area contributed by atoms with Gasteiger partial charge in [0.1, 0.15) is 0 Å². The van der Waals surface area contributed by atoms with E-state index in [0.717, 1.165) is 12.8 Å². The molecule has 1 aliphatic carbocycles.